The number of carbonyl (C=O) groups is 1. The van der Waals surface area contributed by atoms with Crippen LogP contribution >= 0.6 is 0 Å². The first-order chi connectivity index (χ1) is 8.60. The molecule has 1 aromatic carbocycles. The van der Waals surface area contributed by atoms with Crippen molar-refractivity contribution in [2.24, 2.45) is 11.7 Å². The summed E-state index contributed by atoms with van der Waals surface area (Å²) >= 11 is 0. The van der Waals surface area contributed by atoms with Crippen LogP contribution in [0.5, 0.6) is 0 Å². The largest absolute Gasteiger partial charge is 0.352 e. The van der Waals surface area contributed by atoms with Crippen molar-refractivity contribution in [3.8, 4) is 0 Å². The molecular weight excluding hydrogens is 232 g/mol. The lowest BCUT2D eigenvalue weighted by Gasteiger charge is -2.09. The molecule has 0 aliphatic carbocycles. The molecule has 2 rings (SSSR count). The second kappa shape index (κ2) is 5.05. The summed E-state index contributed by atoms with van der Waals surface area (Å²) in [6, 6.07) is 5.03. The Morgan fingerprint density at radius 1 is 1.39 bits per heavy atom. The van der Waals surface area contributed by atoms with Crippen LogP contribution in [-0.4, -0.2) is 29.0 Å². The Labute approximate surface area is 104 Å². The molecular formula is C12H16N4O2. The van der Waals surface area contributed by atoms with Crippen LogP contribution < -0.4 is 16.7 Å². The number of fused-ring (bicyclic) bond motifs is 1. The average molecular weight is 248 g/mol. The van der Waals surface area contributed by atoms with Crippen LogP contribution in [0.25, 0.3) is 11.0 Å². The summed E-state index contributed by atoms with van der Waals surface area (Å²) < 4.78 is 0. The SMILES string of the molecule is CC(CN)CNC(=O)c1ccc2[nH]c(=O)[nH]c2c1. The Morgan fingerprint density at radius 3 is 2.83 bits per heavy atom. The van der Waals surface area contributed by atoms with Crippen LogP contribution in [0.2, 0.25) is 0 Å². The van der Waals surface area contributed by atoms with E-state index in [0.29, 0.717) is 29.7 Å². The van der Waals surface area contributed by atoms with Crippen LogP contribution in [0, 0.1) is 5.92 Å². The fourth-order valence-corrected chi connectivity index (χ4v) is 1.63. The number of nitrogens with two attached hydrogens (primary N) is 1. The maximum atomic E-state index is 11.9. The van der Waals surface area contributed by atoms with Crippen LogP contribution in [0.4, 0.5) is 0 Å². The highest BCUT2D eigenvalue weighted by Gasteiger charge is 2.08. The van der Waals surface area contributed by atoms with Gasteiger partial charge in [0.1, 0.15) is 0 Å². The number of benzene rings is 1. The Morgan fingerprint density at radius 2 is 2.11 bits per heavy atom. The molecule has 5 N–H and O–H groups in total. The molecule has 1 unspecified atom stereocenters. The van der Waals surface area contributed by atoms with E-state index in [1.807, 2.05) is 6.92 Å². The fourth-order valence-electron chi connectivity index (χ4n) is 1.63. The van der Waals surface area contributed by atoms with E-state index in [0.717, 1.165) is 0 Å². The van der Waals surface area contributed by atoms with Gasteiger partial charge in [0.05, 0.1) is 11.0 Å². The zero-order chi connectivity index (χ0) is 13.1. The van der Waals surface area contributed by atoms with Gasteiger partial charge in [-0.2, -0.15) is 0 Å². The molecule has 1 atom stereocenters. The van der Waals surface area contributed by atoms with Gasteiger partial charge in [-0.3, -0.25) is 4.79 Å². The van der Waals surface area contributed by atoms with E-state index >= 15 is 0 Å². The van der Waals surface area contributed by atoms with Gasteiger partial charge in [0.25, 0.3) is 5.91 Å². The summed E-state index contributed by atoms with van der Waals surface area (Å²) in [5.74, 6) is 0.0731. The Hall–Kier alpha value is -2.08. The van der Waals surface area contributed by atoms with Crippen molar-refractivity contribution in [3.05, 3.63) is 34.2 Å². The minimum atomic E-state index is -0.278. The van der Waals surface area contributed by atoms with E-state index < -0.39 is 0 Å². The van der Waals surface area contributed by atoms with Crippen molar-refractivity contribution in [1.82, 2.24) is 15.3 Å². The lowest BCUT2D eigenvalue weighted by Crippen LogP contribution is -2.31. The molecule has 1 heterocycles. The highest BCUT2D eigenvalue weighted by Crippen LogP contribution is 2.10. The monoisotopic (exact) mass is 248 g/mol. The fraction of sp³-hybridized carbons (Fsp3) is 0.333. The third-order valence-corrected chi connectivity index (χ3v) is 2.79. The number of hydrogen-bond acceptors (Lipinski definition) is 3. The molecule has 0 aliphatic rings. The molecule has 1 amide bonds. The number of aromatic amines is 2. The number of carbonyl (C=O) groups excluding carboxylic acids is 1. The molecule has 0 bridgehead atoms. The summed E-state index contributed by atoms with van der Waals surface area (Å²) in [6.45, 7) is 3.04. The van der Waals surface area contributed by atoms with Gasteiger partial charge in [0.2, 0.25) is 0 Å². The number of rotatable bonds is 4. The van der Waals surface area contributed by atoms with E-state index in [2.05, 4.69) is 15.3 Å². The number of amides is 1. The predicted molar refractivity (Wildman–Crippen MR) is 69.5 cm³/mol. The van der Waals surface area contributed by atoms with Crippen molar-refractivity contribution in [3.63, 3.8) is 0 Å². The van der Waals surface area contributed by atoms with Gasteiger partial charge < -0.3 is 21.0 Å². The van der Waals surface area contributed by atoms with E-state index in [-0.39, 0.29) is 17.5 Å². The predicted octanol–water partition coefficient (Wildman–Crippen LogP) is 0.181. The number of aromatic nitrogens is 2. The van der Waals surface area contributed by atoms with Gasteiger partial charge in [-0.15, -0.1) is 0 Å². The number of nitrogens with one attached hydrogen (secondary N) is 3. The molecule has 0 fully saturated rings. The lowest BCUT2D eigenvalue weighted by atomic mass is 10.1. The number of imidazole rings is 1. The Kier molecular flexibility index (Phi) is 3.47. The molecule has 1 aromatic heterocycles. The standard InChI is InChI=1S/C12H16N4O2/c1-7(5-13)6-14-11(17)8-2-3-9-10(4-8)16-12(18)15-9/h2-4,7H,5-6,13H2,1H3,(H,14,17)(H2,15,16,18). The van der Waals surface area contributed by atoms with Gasteiger partial charge in [0, 0.05) is 12.1 Å². The second-order valence-electron chi connectivity index (χ2n) is 4.39. The molecule has 2 aromatic rings. The minimum absolute atomic E-state index is 0.167. The van der Waals surface area contributed by atoms with Crippen molar-refractivity contribution in [2.45, 2.75) is 6.92 Å². The van der Waals surface area contributed by atoms with Crippen molar-refractivity contribution in [1.29, 1.82) is 0 Å². The molecule has 96 valence electrons. The summed E-state index contributed by atoms with van der Waals surface area (Å²) in [5, 5.41) is 2.80. The average Bonchev–Trinajstić information content (AvgIpc) is 2.74. The van der Waals surface area contributed by atoms with Crippen LogP contribution in [-0.2, 0) is 0 Å². The second-order valence-corrected chi connectivity index (χ2v) is 4.39. The molecule has 0 saturated heterocycles. The molecule has 0 spiro atoms. The number of H-pyrrole nitrogens is 2. The maximum Gasteiger partial charge on any atom is 0.323 e. The van der Waals surface area contributed by atoms with Crippen molar-refractivity contribution < 1.29 is 4.79 Å². The van der Waals surface area contributed by atoms with Gasteiger partial charge in [-0.25, -0.2) is 4.79 Å². The quantitative estimate of drug-likeness (QED) is 0.620. The highest BCUT2D eigenvalue weighted by molar-refractivity contribution is 5.97. The van der Waals surface area contributed by atoms with Crippen LogP contribution in [0.15, 0.2) is 23.0 Å². The van der Waals surface area contributed by atoms with E-state index in [1.165, 1.54) is 0 Å². The molecule has 0 saturated carbocycles. The van der Waals surface area contributed by atoms with Crippen LogP contribution in [0.1, 0.15) is 17.3 Å². The van der Waals surface area contributed by atoms with E-state index in [9.17, 15) is 9.59 Å². The summed E-state index contributed by atoms with van der Waals surface area (Å²) in [7, 11) is 0. The topological polar surface area (TPSA) is 104 Å². The minimum Gasteiger partial charge on any atom is -0.352 e. The molecule has 6 heteroatoms. The molecule has 18 heavy (non-hydrogen) atoms. The molecule has 6 nitrogen and oxygen atoms in total. The molecule has 0 radical (unpaired) electrons. The van der Waals surface area contributed by atoms with Crippen molar-refractivity contribution in [2.75, 3.05) is 13.1 Å². The number of hydrogen-bond donors (Lipinski definition) is 4. The maximum absolute atomic E-state index is 11.9. The Bertz CT molecular complexity index is 614. The zero-order valence-corrected chi connectivity index (χ0v) is 10.1. The summed E-state index contributed by atoms with van der Waals surface area (Å²) in [4.78, 5) is 28.2. The van der Waals surface area contributed by atoms with E-state index in [1.54, 1.807) is 18.2 Å². The first-order valence-electron chi connectivity index (χ1n) is 5.80. The molecule has 0 aliphatic heterocycles. The Balaban J connectivity index is 2.15. The lowest BCUT2D eigenvalue weighted by molar-refractivity contribution is 0.0948. The van der Waals surface area contributed by atoms with E-state index in [4.69, 9.17) is 5.73 Å². The first kappa shape index (κ1) is 12.4. The smallest absolute Gasteiger partial charge is 0.323 e. The third kappa shape index (κ3) is 2.60. The third-order valence-electron chi connectivity index (χ3n) is 2.79. The van der Waals surface area contributed by atoms with Gasteiger partial charge in [-0.1, -0.05) is 6.92 Å². The summed E-state index contributed by atoms with van der Waals surface area (Å²) in [5.41, 5.74) is 7.03. The van der Waals surface area contributed by atoms with Gasteiger partial charge in [0.15, 0.2) is 0 Å². The summed E-state index contributed by atoms with van der Waals surface area (Å²) in [6.07, 6.45) is 0. The first-order valence-corrected chi connectivity index (χ1v) is 5.80. The zero-order valence-electron chi connectivity index (χ0n) is 10.1. The van der Waals surface area contributed by atoms with Crippen LogP contribution in [0.3, 0.4) is 0 Å². The highest BCUT2D eigenvalue weighted by atomic mass is 16.2. The van der Waals surface area contributed by atoms with Crippen molar-refractivity contribution >= 4 is 16.9 Å². The normalized spacial score (nSPS) is 12.6. The van der Waals surface area contributed by atoms with Gasteiger partial charge in [-0.05, 0) is 30.7 Å². The van der Waals surface area contributed by atoms with Gasteiger partial charge >= 0.3 is 5.69 Å².